The van der Waals surface area contributed by atoms with Gasteiger partial charge in [-0.2, -0.15) is 0 Å². The highest BCUT2D eigenvalue weighted by molar-refractivity contribution is 5.92. The molecule has 0 spiro atoms. The molecule has 2 heterocycles. The third kappa shape index (κ3) is 5.00. The van der Waals surface area contributed by atoms with Crippen LogP contribution in [0.25, 0.3) is 0 Å². The van der Waals surface area contributed by atoms with Gasteiger partial charge in [-0.25, -0.2) is 4.79 Å². The minimum Gasteiger partial charge on any atom is -0.395 e. The highest BCUT2D eigenvalue weighted by Gasteiger charge is 2.39. The fourth-order valence-electron chi connectivity index (χ4n) is 6.39. The number of anilines is 2. The first-order chi connectivity index (χ1) is 19.6. The lowest BCUT2D eigenvalue weighted by atomic mass is 9.78. The number of aromatic nitrogens is 1. The number of pyridine rings is 1. The van der Waals surface area contributed by atoms with Gasteiger partial charge in [-0.1, -0.05) is 61.0 Å². The second-order valence-corrected chi connectivity index (χ2v) is 10.6. The maximum atomic E-state index is 13.6. The summed E-state index contributed by atoms with van der Waals surface area (Å²) in [6.07, 6.45) is 11.0. The van der Waals surface area contributed by atoms with E-state index in [-0.39, 0.29) is 31.1 Å². The number of rotatable bonds is 8. The van der Waals surface area contributed by atoms with Gasteiger partial charge >= 0.3 is 6.03 Å². The standard InChI is InChI=1S/C33H35N5O2/c1-23-29-22-35-38(28-13-8-16-34-21-28)31(29)20-26-15-14-25(32(23)26)19-30(24-9-4-2-5-10-24)36-33(40)37(17-18-39)27-11-6-3-7-12-27/h2-13,16,20-23,25,30,35,39H,14-15,17-19H2,1H3,(H,36,40)/t23-,25+,30?/m0/s1. The van der Waals surface area contributed by atoms with Crippen molar-refractivity contribution in [1.29, 1.82) is 0 Å². The summed E-state index contributed by atoms with van der Waals surface area (Å²) < 4.78 is 0. The Bertz CT molecular complexity index is 1440. The molecule has 2 aliphatic carbocycles. The lowest BCUT2D eigenvalue weighted by molar-refractivity contribution is 0.236. The quantitative estimate of drug-likeness (QED) is 0.337. The van der Waals surface area contributed by atoms with Crippen LogP contribution in [-0.2, 0) is 0 Å². The predicted molar refractivity (Wildman–Crippen MR) is 158 cm³/mol. The normalized spacial score (nSPS) is 20.2. The Labute approximate surface area is 235 Å². The number of carbonyl (C=O) groups excluding carboxylic acids is 1. The molecule has 0 fully saturated rings. The van der Waals surface area contributed by atoms with Crippen LogP contribution in [0.3, 0.4) is 0 Å². The molecule has 3 aliphatic rings. The number of hydrazine groups is 1. The number of benzene rings is 2. The summed E-state index contributed by atoms with van der Waals surface area (Å²) in [6.45, 7) is 2.42. The molecule has 40 heavy (non-hydrogen) atoms. The molecule has 3 N–H and O–H groups in total. The predicted octanol–water partition coefficient (Wildman–Crippen LogP) is 5.87. The van der Waals surface area contributed by atoms with Gasteiger partial charge < -0.3 is 15.8 Å². The molecule has 7 heteroatoms. The summed E-state index contributed by atoms with van der Waals surface area (Å²) in [5, 5.41) is 15.1. The molecule has 6 rings (SSSR count). The van der Waals surface area contributed by atoms with Crippen molar-refractivity contribution in [1.82, 2.24) is 15.7 Å². The Morgan fingerprint density at radius 1 is 1.12 bits per heavy atom. The van der Waals surface area contributed by atoms with E-state index in [9.17, 15) is 9.90 Å². The average Bonchev–Trinajstić information content (AvgIpc) is 3.62. The Morgan fingerprint density at radius 2 is 1.90 bits per heavy atom. The topological polar surface area (TPSA) is 80.7 Å². The van der Waals surface area contributed by atoms with E-state index in [0.29, 0.717) is 5.92 Å². The van der Waals surface area contributed by atoms with E-state index in [4.69, 9.17) is 0 Å². The summed E-state index contributed by atoms with van der Waals surface area (Å²) in [7, 11) is 0. The number of aliphatic hydroxyl groups excluding tert-OH is 1. The van der Waals surface area contributed by atoms with Crippen LogP contribution < -0.4 is 20.7 Å². The van der Waals surface area contributed by atoms with Gasteiger partial charge in [0.2, 0.25) is 0 Å². The van der Waals surface area contributed by atoms with Crippen LogP contribution >= 0.6 is 0 Å². The number of fused-ring (bicyclic) bond motifs is 1. The van der Waals surface area contributed by atoms with Crippen LogP contribution in [0.1, 0.15) is 37.8 Å². The molecular formula is C33H35N5O2. The zero-order chi connectivity index (χ0) is 27.5. The largest absolute Gasteiger partial charge is 0.395 e. The minimum absolute atomic E-state index is 0.109. The molecule has 0 radical (unpaired) electrons. The first kappa shape index (κ1) is 25.9. The van der Waals surface area contributed by atoms with Gasteiger partial charge in [0.25, 0.3) is 0 Å². The number of hydrogen-bond acceptors (Lipinski definition) is 5. The molecule has 2 aromatic carbocycles. The van der Waals surface area contributed by atoms with Gasteiger partial charge in [0, 0.05) is 29.6 Å². The van der Waals surface area contributed by atoms with Crippen molar-refractivity contribution in [2.24, 2.45) is 11.8 Å². The van der Waals surface area contributed by atoms with Crippen molar-refractivity contribution in [3.8, 4) is 0 Å². The maximum Gasteiger partial charge on any atom is 0.322 e. The highest BCUT2D eigenvalue weighted by atomic mass is 16.3. The van der Waals surface area contributed by atoms with Crippen molar-refractivity contribution in [3.63, 3.8) is 0 Å². The Balaban J connectivity index is 1.26. The van der Waals surface area contributed by atoms with E-state index in [2.05, 4.69) is 58.1 Å². The molecule has 3 aromatic rings. The molecule has 3 atom stereocenters. The van der Waals surface area contributed by atoms with E-state index in [0.717, 1.165) is 36.2 Å². The fraction of sp³-hybridized carbons (Fsp3) is 0.273. The summed E-state index contributed by atoms with van der Waals surface area (Å²) in [5.74, 6) is 0.628. The number of carbonyl (C=O) groups is 1. The zero-order valence-electron chi connectivity index (χ0n) is 22.7. The van der Waals surface area contributed by atoms with Crippen LogP contribution in [0.4, 0.5) is 16.2 Å². The molecule has 0 saturated heterocycles. The van der Waals surface area contributed by atoms with Crippen molar-refractivity contribution in [3.05, 3.63) is 125 Å². The SMILES string of the molecule is C[C@H]1C2=CNN(c3cccnc3)C2=CC2=C1[C@@H](CC(NC(=O)N(CCO)c1ccccc1)c1ccccc1)CC2. The van der Waals surface area contributed by atoms with Gasteiger partial charge in [0.1, 0.15) is 0 Å². The number of amides is 2. The Kier molecular flexibility index (Phi) is 7.38. The van der Waals surface area contributed by atoms with Crippen LogP contribution in [0.15, 0.2) is 120 Å². The number of hydrogen-bond donors (Lipinski definition) is 3. The first-order valence-corrected chi connectivity index (χ1v) is 14.0. The van der Waals surface area contributed by atoms with E-state index < -0.39 is 0 Å². The Hall–Kier alpha value is -4.36. The van der Waals surface area contributed by atoms with Gasteiger partial charge in [0.05, 0.1) is 36.8 Å². The molecule has 1 aromatic heterocycles. The van der Waals surface area contributed by atoms with Crippen molar-refractivity contribution in [2.75, 3.05) is 23.1 Å². The van der Waals surface area contributed by atoms with Crippen LogP contribution in [0.5, 0.6) is 0 Å². The molecule has 1 aliphatic heterocycles. The van der Waals surface area contributed by atoms with Gasteiger partial charge in [0.15, 0.2) is 0 Å². The smallest absolute Gasteiger partial charge is 0.322 e. The van der Waals surface area contributed by atoms with Gasteiger partial charge in [-0.15, -0.1) is 0 Å². The van der Waals surface area contributed by atoms with E-state index in [1.807, 2.05) is 60.8 Å². The van der Waals surface area contributed by atoms with Gasteiger partial charge in [-0.3, -0.25) is 14.9 Å². The van der Waals surface area contributed by atoms with E-state index >= 15 is 0 Å². The van der Waals surface area contributed by atoms with Crippen molar-refractivity contribution in [2.45, 2.75) is 32.2 Å². The molecular weight excluding hydrogens is 498 g/mol. The number of urea groups is 1. The molecule has 0 bridgehead atoms. The third-order valence-corrected chi connectivity index (χ3v) is 8.26. The summed E-state index contributed by atoms with van der Waals surface area (Å²) in [5.41, 5.74) is 11.7. The van der Waals surface area contributed by atoms with E-state index in [1.165, 1.54) is 22.4 Å². The molecule has 7 nitrogen and oxygen atoms in total. The number of allylic oxidation sites excluding steroid dienone is 4. The maximum absolute atomic E-state index is 13.6. The Morgan fingerprint density at radius 3 is 2.62 bits per heavy atom. The second kappa shape index (κ2) is 11.4. The molecule has 2 amide bonds. The average molecular weight is 534 g/mol. The highest BCUT2D eigenvalue weighted by Crippen LogP contribution is 2.49. The van der Waals surface area contributed by atoms with Crippen LogP contribution in [0, 0.1) is 11.8 Å². The third-order valence-electron chi connectivity index (χ3n) is 8.26. The van der Waals surface area contributed by atoms with E-state index in [1.54, 1.807) is 11.1 Å². The molecule has 1 unspecified atom stereocenters. The second-order valence-electron chi connectivity index (χ2n) is 10.6. The van der Waals surface area contributed by atoms with Gasteiger partial charge in [-0.05, 0) is 66.7 Å². The minimum atomic E-state index is -0.199. The monoisotopic (exact) mass is 533 g/mol. The lowest BCUT2D eigenvalue weighted by Gasteiger charge is -2.32. The van der Waals surface area contributed by atoms with Crippen LogP contribution in [-0.4, -0.2) is 29.3 Å². The number of nitrogens with zero attached hydrogens (tertiary/aromatic N) is 3. The fourth-order valence-corrected chi connectivity index (χ4v) is 6.39. The molecule has 0 saturated carbocycles. The summed E-state index contributed by atoms with van der Waals surface area (Å²) in [4.78, 5) is 19.5. The van der Waals surface area contributed by atoms with Crippen molar-refractivity contribution >= 4 is 17.4 Å². The number of aliphatic hydroxyl groups is 1. The lowest BCUT2D eigenvalue weighted by Crippen LogP contribution is -2.43. The number of nitrogens with one attached hydrogen (secondary N) is 2. The summed E-state index contributed by atoms with van der Waals surface area (Å²) >= 11 is 0. The van der Waals surface area contributed by atoms with Crippen molar-refractivity contribution < 1.29 is 9.90 Å². The number of para-hydroxylation sites is 1. The van der Waals surface area contributed by atoms with Crippen LogP contribution in [0.2, 0.25) is 0 Å². The molecule has 204 valence electrons. The first-order valence-electron chi connectivity index (χ1n) is 14.0. The zero-order valence-corrected chi connectivity index (χ0v) is 22.7. The summed E-state index contributed by atoms with van der Waals surface area (Å²) in [6, 6.07) is 23.4.